The van der Waals surface area contributed by atoms with Gasteiger partial charge in [0, 0.05) is 23.9 Å². The normalized spacial score (nSPS) is 11.2. The number of nitrogens with two attached hydrogens (primary N) is 1. The number of phosphoric ester groups is 1. The van der Waals surface area contributed by atoms with Gasteiger partial charge in [0.2, 0.25) is 0 Å². The molecule has 0 saturated heterocycles. The number of aromatic nitrogens is 1. The van der Waals surface area contributed by atoms with Crippen LogP contribution in [0.25, 0.3) is 0 Å². The summed E-state index contributed by atoms with van der Waals surface area (Å²) in [7, 11) is -4.69. The Hall–Kier alpha value is -2.04. The van der Waals surface area contributed by atoms with Crippen LogP contribution in [0.4, 0.5) is 0 Å². The van der Waals surface area contributed by atoms with E-state index in [1.807, 2.05) is 5.43 Å². The summed E-state index contributed by atoms with van der Waals surface area (Å²) in [6.07, 6.45) is 1.26. The molecule has 0 aliphatic carbocycles. The summed E-state index contributed by atoms with van der Waals surface area (Å²) in [5.74, 6) is -2.53. The molecule has 1 rings (SSSR count). The molecule has 0 aliphatic heterocycles. The lowest BCUT2D eigenvalue weighted by atomic mass is 10.1. The van der Waals surface area contributed by atoms with Crippen molar-refractivity contribution in [1.82, 2.24) is 15.8 Å². The van der Waals surface area contributed by atoms with Gasteiger partial charge in [-0.25, -0.2) is 9.99 Å². The first-order valence-corrected chi connectivity index (χ1v) is 7.34. The minimum atomic E-state index is -4.69. The highest BCUT2D eigenvalue weighted by atomic mass is 31.2. The van der Waals surface area contributed by atoms with Crippen LogP contribution >= 0.6 is 7.82 Å². The van der Waals surface area contributed by atoms with Crippen molar-refractivity contribution < 1.29 is 33.6 Å². The standard InChI is InChI=1S/C10H15N4O7P/c1-5-8(15)7(3-13-14-10(17)9(11)16)6(2-12-5)4-21-22(18,19)20/h2,13,15H,3-4H2,1H3,(H2,11,16)(H,14,17)(H2,18,19,20). The van der Waals surface area contributed by atoms with E-state index in [1.165, 1.54) is 13.1 Å². The van der Waals surface area contributed by atoms with Crippen molar-refractivity contribution in [1.29, 1.82) is 0 Å². The maximum atomic E-state index is 11.0. The lowest BCUT2D eigenvalue weighted by Gasteiger charge is -2.14. The molecule has 0 radical (unpaired) electrons. The number of carbonyl (C=O) groups is 2. The molecule has 0 spiro atoms. The zero-order valence-corrected chi connectivity index (χ0v) is 12.3. The Morgan fingerprint density at radius 3 is 2.64 bits per heavy atom. The van der Waals surface area contributed by atoms with E-state index in [2.05, 4.69) is 14.9 Å². The number of nitrogens with zero attached hydrogens (tertiary/aromatic N) is 1. The number of phosphoric acid groups is 1. The van der Waals surface area contributed by atoms with Crippen LogP contribution < -0.4 is 16.6 Å². The van der Waals surface area contributed by atoms with Crippen LogP contribution in [0.3, 0.4) is 0 Å². The van der Waals surface area contributed by atoms with Crippen molar-refractivity contribution in [3.05, 3.63) is 23.0 Å². The molecule has 22 heavy (non-hydrogen) atoms. The van der Waals surface area contributed by atoms with E-state index in [-0.39, 0.29) is 29.1 Å². The zero-order chi connectivity index (χ0) is 16.9. The fourth-order valence-electron chi connectivity index (χ4n) is 1.43. The molecule has 0 unspecified atom stereocenters. The first-order valence-electron chi connectivity index (χ1n) is 5.81. The predicted octanol–water partition coefficient (Wildman–Crippen LogP) is -1.69. The molecule has 12 heteroatoms. The maximum absolute atomic E-state index is 11.0. The van der Waals surface area contributed by atoms with Gasteiger partial charge in [-0.2, -0.15) is 0 Å². The van der Waals surface area contributed by atoms with Crippen LogP contribution in [0.5, 0.6) is 5.75 Å². The third-order valence-electron chi connectivity index (χ3n) is 2.51. The number of hydrogen-bond acceptors (Lipinski definition) is 7. The summed E-state index contributed by atoms with van der Waals surface area (Å²) >= 11 is 0. The SMILES string of the molecule is Cc1ncc(COP(=O)(O)O)c(CNNC(=O)C(N)=O)c1O. The second-order valence-electron chi connectivity index (χ2n) is 4.13. The van der Waals surface area contributed by atoms with E-state index in [4.69, 9.17) is 15.5 Å². The lowest BCUT2D eigenvalue weighted by Crippen LogP contribution is -2.44. The highest BCUT2D eigenvalue weighted by Gasteiger charge is 2.18. The summed E-state index contributed by atoms with van der Waals surface area (Å²) in [6.45, 7) is 0.842. The number of aromatic hydroxyl groups is 1. The van der Waals surface area contributed by atoms with Gasteiger partial charge in [-0.15, -0.1) is 0 Å². The van der Waals surface area contributed by atoms with Crippen LogP contribution in [-0.4, -0.2) is 31.7 Å². The minimum Gasteiger partial charge on any atom is -0.506 e. The Bertz CT molecular complexity index is 630. The van der Waals surface area contributed by atoms with E-state index < -0.39 is 26.2 Å². The van der Waals surface area contributed by atoms with Crippen molar-refractivity contribution in [2.45, 2.75) is 20.1 Å². The molecule has 11 nitrogen and oxygen atoms in total. The average Bonchev–Trinajstić information content (AvgIpc) is 2.41. The Labute approximate surface area is 124 Å². The third-order valence-corrected chi connectivity index (χ3v) is 2.97. The molecule has 1 aromatic heterocycles. The monoisotopic (exact) mass is 334 g/mol. The maximum Gasteiger partial charge on any atom is 0.469 e. The highest BCUT2D eigenvalue weighted by molar-refractivity contribution is 7.46. The summed E-state index contributed by atoms with van der Waals surface area (Å²) in [5.41, 5.74) is 9.71. The van der Waals surface area contributed by atoms with Crippen molar-refractivity contribution in [2.75, 3.05) is 0 Å². The summed E-state index contributed by atoms with van der Waals surface area (Å²) < 4.78 is 15.1. The number of aryl methyl sites for hydroxylation is 1. The van der Waals surface area contributed by atoms with Crippen molar-refractivity contribution in [3.8, 4) is 5.75 Å². The number of primary amides is 1. The Morgan fingerprint density at radius 2 is 2.09 bits per heavy atom. The summed E-state index contributed by atoms with van der Waals surface area (Å²) in [4.78, 5) is 42.7. The van der Waals surface area contributed by atoms with Gasteiger partial charge in [-0.05, 0) is 6.92 Å². The molecule has 1 aromatic rings. The second-order valence-corrected chi connectivity index (χ2v) is 5.37. The van der Waals surface area contributed by atoms with Crippen molar-refractivity contribution >= 4 is 19.6 Å². The van der Waals surface area contributed by atoms with Crippen LogP contribution in [0.1, 0.15) is 16.8 Å². The van der Waals surface area contributed by atoms with Crippen LogP contribution in [0.2, 0.25) is 0 Å². The van der Waals surface area contributed by atoms with E-state index >= 15 is 0 Å². The Balaban J connectivity index is 2.86. The van der Waals surface area contributed by atoms with Crippen molar-refractivity contribution in [3.63, 3.8) is 0 Å². The van der Waals surface area contributed by atoms with E-state index in [0.29, 0.717) is 0 Å². The molecular formula is C10H15N4O7P. The topological polar surface area (TPSA) is 184 Å². The van der Waals surface area contributed by atoms with Gasteiger partial charge in [0.05, 0.1) is 12.3 Å². The average molecular weight is 334 g/mol. The van der Waals surface area contributed by atoms with Gasteiger partial charge in [-0.3, -0.25) is 24.5 Å². The second kappa shape index (κ2) is 7.29. The number of pyridine rings is 1. The fourth-order valence-corrected chi connectivity index (χ4v) is 1.74. The first kappa shape index (κ1) is 18.0. The predicted molar refractivity (Wildman–Crippen MR) is 71.6 cm³/mol. The van der Waals surface area contributed by atoms with Gasteiger partial charge in [0.15, 0.2) is 0 Å². The lowest BCUT2D eigenvalue weighted by molar-refractivity contribution is -0.137. The smallest absolute Gasteiger partial charge is 0.469 e. The van der Waals surface area contributed by atoms with Crippen LogP contribution in [0.15, 0.2) is 6.20 Å². The van der Waals surface area contributed by atoms with Gasteiger partial charge in [0.1, 0.15) is 5.75 Å². The zero-order valence-electron chi connectivity index (χ0n) is 11.4. The molecule has 122 valence electrons. The molecule has 0 saturated carbocycles. The molecule has 7 N–H and O–H groups in total. The number of nitrogens with one attached hydrogen (secondary N) is 2. The molecule has 0 aliphatic rings. The molecule has 0 aromatic carbocycles. The minimum absolute atomic E-state index is 0.159. The molecule has 0 fully saturated rings. The van der Waals surface area contributed by atoms with Gasteiger partial charge in [-0.1, -0.05) is 0 Å². The number of hydrazine groups is 1. The highest BCUT2D eigenvalue weighted by Crippen LogP contribution is 2.37. The number of rotatable bonds is 6. The summed E-state index contributed by atoms with van der Waals surface area (Å²) in [6, 6.07) is 0. The number of amides is 2. The van der Waals surface area contributed by atoms with E-state index in [0.717, 1.165) is 0 Å². The molecule has 2 amide bonds. The van der Waals surface area contributed by atoms with E-state index in [1.54, 1.807) is 0 Å². The van der Waals surface area contributed by atoms with Crippen LogP contribution in [-0.2, 0) is 31.8 Å². The first-order chi connectivity index (χ1) is 10.1. The molecule has 0 atom stereocenters. The Morgan fingerprint density at radius 1 is 1.45 bits per heavy atom. The molecular weight excluding hydrogens is 319 g/mol. The van der Waals surface area contributed by atoms with Crippen molar-refractivity contribution in [2.24, 2.45) is 5.73 Å². The third kappa shape index (κ3) is 5.39. The van der Waals surface area contributed by atoms with Gasteiger partial charge in [0.25, 0.3) is 0 Å². The fraction of sp³-hybridized carbons (Fsp3) is 0.300. The summed E-state index contributed by atoms with van der Waals surface area (Å²) in [5, 5.41) is 9.93. The largest absolute Gasteiger partial charge is 0.506 e. The van der Waals surface area contributed by atoms with Gasteiger partial charge >= 0.3 is 19.6 Å². The number of hydrogen-bond donors (Lipinski definition) is 6. The quantitative estimate of drug-likeness (QED) is 0.201. The van der Waals surface area contributed by atoms with Gasteiger partial charge < -0.3 is 20.6 Å². The molecule has 0 bridgehead atoms. The van der Waals surface area contributed by atoms with Crippen LogP contribution in [0, 0.1) is 6.92 Å². The number of carbonyl (C=O) groups excluding carboxylic acids is 2. The Kier molecular flexibility index (Phi) is 5.97. The molecule has 1 heterocycles. The van der Waals surface area contributed by atoms with E-state index in [9.17, 15) is 19.3 Å².